The van der Waals surface area contributed by atoms with E-state index >= 15 is 4.39 Å². The summed E-state index contributed by atoms with van der Waals surface area (Å²) in [6, 6.07) is 4.84. The highest BCUT2D eigenvalue weighted by atomic mass is 19.1. The molecule has 0 aliphatic carbocycles. The molecule has 3 N–H and O–H groups in total. The zero-order valence-corrected chi connectivity index (χ0v) is 26.5. The normalized spacial score (nSPS) is 18.8. The number of pyridine rings is 1. The van der Waals surface area contributed by atoms with Gasteiger partial charge in [0.2, 0.25) is 0 Å². The fourth-order valence-corrected chi connectivity index (χ4v) is 5.73. The third kappa shape index (κ3) is 7.17. The lowest BCUT2D eigenvalue weighted by molar-refractivity contribution is 0.0827. The zero-order chi connectivity index (χ0) is 31.3. The van der Waals surface area contributed by atoms with Crippen LogP contribution in [-0.4, -0.2) is 67.1 Å². The smallest absolute Gasteiger partial charge is 0.253 e. The number of hydroxylamine groups is 1. The van der Waals surface area contributed by atoms with Crippen molar-refractivity contribution in [1.82, 2.24) is 20.1 Å². The minimum Gasteiger partial charge on any atom is -0.398 e. The third-order valence-electron chi connectivity index (χ3n) is 7.85. The first-order valence-corrected chi connectivity index (χ1v) is 15.1. The fraction of sp³-hybridized carbons (Fsp3) is 0.412. The number of amides is 1. The zero-order valence-electron chi connectivity index (χ0n) is 26.5. The van der Waals surface area contributed by atoms with Crippen molar-refractivity contribution in [3.63, 3.8) is 0 Å². The number of halogens is 1. The minimum absolute atomic E-state index is 0.0284. The molecule has 3 aliphatic heterocycles. The molecule has 1 aromatic carbocycles. The van der Waals surface area contributed by atoms with E-state index in [1.54, 1.807) is 20.2 Å². The van der Waals surface area contributed by atoms with Gasteiger partial charge in [-0.1, -0.05) is 31.6 Å². The van der Waals surface area contributed by atoms with Crippen molar-refractivity contribution in [3.05, 3.63) is 87.8 Å². The lowest BCUT2D eigenvalue weighted by Gasteiger charge is -2.28. The second-order valence-electron chi connectivity index (χ2n) is 11.2. The van der Waals surface area contributed by atoms with E-state index in [1.165, 1.54) is 22.1 Å². The Balaban J connectivity index is 0.00000207. The van der Waals surface area contributed by atoms with Gasteiger partial charge in [-0.15, -0.1) is 0 Å². The molecule has 0 bridgehead atoms. The van der Waals surface area contributed by atoms with Gasteiger partial charge in [0, 0.05) is 86.4 Å². The maximum atomic E-state index is 15.1. The number of carbonyl (C=O) groups is 1. The maximum absolute atomic E-state index is 15.1. The highest BCUT2D eigenvalue weighted by Gasteiger charge is 2.25. The number of aromatic nitrogens is 1. The van der Waals surface area contributed by atoms with Gasteiger partial charge in [-0.05, 0) is 69.0 Å². The molecule has 1 atom stereocenters. The molecule has 1 amide bonds. The lowest BCUT2D eigenvalue weighted by atomic mass is 9.95. The largest absolute Gasteiger partial charge is 0.398 e. The van der Waals surface area contributed by atoms with Gasteiger partial charge in [-0.2, -0.15) is 0 Å². The summed E-state index contributed by atoms with van der Waals surface area (Å²) in [7, 11) is 3.27. The number of benzene rings is 1. The van der Waals surface area contributed by atoms with E-state index in [0.29, 0.717) is 24.2 Å². The predicted octanol–water partition coefficient (Wildman–Crippen LogP) is 5.93. The first kappa shape index (κ1) is 32.0. The Morgan fingerprint density at radius 2 is 2.05 bits per heavy atom. The number of nitrogens with zero attached hydrogens (tertiary/aromatic N) is 4. The van der Waals surface area contributed by atoms with Gasteiger partial charge in [0.15, 0.2) is 0 Å². The van der Waals surface area contributed by atoms with Crippen molar-refractivity contribution in [2.24, 2.45) is 0 Å². The number of rotatable bonds is 6. The molecule has 3 aliphatic rings. The molecular formula is C34H45FN6O2. The van der Waals surface area contributed by atoms with Crippen molar-refractivity contribution in [2.75, 3.05) is 51.1 Å². The molecule has 8 nitrogen and oxygen atoms in total. The van der Waals surface area contributed by atoms with Crippen LogP contribution >= 0.6 is 0 Å². The van der Waals surface area contributed by atoms with E-state index in [1.807, 2.05) is 50.4 Å². The van der Waals surface area contributed by atoms with Crippen molar-refractivity contribution >= 4 is 28.9 Å². The molecule has 5 rings (SSSR count). The van der Waals surface area contributed by atoms with Gasteiger partial charge in [-0.3, -0.25) is 19.5 Å². The van der Waals surface area contributed by atoms with Crippen molar-refractivity contribution in [3.8, 4) is 0 Å². The first-order valence-electron chi connectivity index (χ1n) is 15.1. The SMILES string of the molecule is C/C(=C\c1c(N2C=CC3=C(CCN3)C(C)O2)ccnc1C)CN1CC=C(c2c(N)cc(C(=O)N(C)C)cc2F)CC1.CC. The standard InChI is InChI=1S/C32H39FN6O2.C2H6/c1-20(16-26-21(2)35-12-7-30(26)39-15-10-29-25(6-11-36-29)22(3)41-39)19-38-13-8-23(9-14-38)31-27(33)17-24(18-28(31)34)32(40)37(4)5;1-2/h7-8,10,12,15-18,22,36H,6,9,11,13-14,19,34H2,1-5H3;1-2H3/b20-16+;. The maximum Gasteiger partial charge on any atom is 0.253 e. The summed E-state index contributed by atoms with van der Waals surface area (Å²) in [6.07, 6.45) is 11.7. The first-order chi connectivity index (χ1) is 20.6. The Labute approximate surface area is 255 Å². The Morgan fingerprint density at radius 1 is 1.28 bits per heavy atom. The van der Waals surface area contributed by atoms with Crippen LogP contribution in [0.4, 0.5) is 15.8 Å². The molecule has 9 heteroatoms. The number of carbonyl (C=O) groups excluding carboxylic acids is 1. The lowest BCUT2D eigenvalue weighted by Crippen LogP contribution is -2.30. The Morgan fingerprint density at radius 3 is 2.72 bits per heavy atom. The molecule has 0 spiro atoms. The van der Waals surface area contributed by atoms with Gasteiger partial charge in [-0.25, -0.2) is 9.45 Å². The minimum atomic E-state index is -0.458. The van der Waals surface area contributed by atoms with Gasteiger partial charge < -0.3 is 16.0 Å². The van der Waals surface area contributed by atoms with E-state index in [2.05, 4.69) is 41.2 Å². The highest BCUT2D eigenvalue weighted by Crippen LogP contribution is 2.33. The van der Waals surface area contributed by atoms with Gasteiger partial charge in [0.05, 0.1) is 5.69 Å². The Bertz CT molecular complexity index is 1450. The molecule has 4 heterocycles. The third-order valence-corrected chi connectivity index (χ3v) is 7.85. The molecule has 0 fully saturated rings. The van der Waals surface area contributed by atoms with E-state index in [0.717, 1.165) is 54.3 Å². The number of hydrogen-bond donors (Lipinski definition) is 2. The molecular weight excluding hydrogens is 543 g/mol. The average Bonchev–Trinajstić information content (AvgIpc) is 3.40. The van der Waals surface area contributed by atoms with Crippen LogP contribution in [0.25, 0.3) is 11.6 Å². The van der Waals surface area contributed by atoms with Crippen LogP contribution < -0.4 is 16.1 Å². The molecule has 43 heavy (non-hydrogen) atoms. The molecule has 1 aromatic heterocycles. The average molecular weight is 589 g/mol. The van der Waals surface area contributed by atoms with Crippen LogP contribution in [0, 0.1) is 12.7 Å². The number of hydrogen-bond acceptors (Lipinski definition) is 7. The quantitative estimate of drug-likeness (QED) is 0.405. The number of allylic oxidation sites excluding steroid dienone is 1. The summed E-state index contributed by atoms with van der Waals surface area (Å²) < 4.78 is 15.1. The number of aryl methyl sites for hydroxylation is 1. The summed E-state index contributed by atoms with van der Waals surface area (Å²) in [5.41, 5.74) is 14.6. The van der Waals surface area contributed by atoms with Crippen LogP contribution in [0.5, 0.6) is 0 Å². The van der Waals surface area contributed by atoms with Gasteiger partial charge in [0.1, 0.15) is 11.9 Å². The molecule has 230 valence electrons. The fourth-order valence-electron chi connectivity index (χ4n) is 5.73. The summed E-state index contributed by atoms with van der Waals surface area (Å²) in [5, 5.41) is 5.30. The number of anilines is 2. The van der Waals surface area contributed by atoms with Crippen molar-refractivity contribution < 1.29 is 14.0 Å². The second-order valence-corrected chi connectivity index (χ2v) is 11.2. The second kappa shape index (κ2) is 14.0. The van der Waals surface area contributed by atoms with E-state index in [9.17, 15) is 4.79 Å². The molecule has 2 aromatic rings. The van der Waals surface area contributed by atoms with Crippen LogP contribution in [0.15, 0.2) is 59.6 Å². The Hall–Kier alpha value is -3.95. The van der Waals surface area contributed by atoms with Crippen molar-refractivity contribution in [2.45, 2.75) is 53.6 Å². The highest BCUT2D eigenvalue weighted by molar-refractivity contribution is 5.96. The van der Waals surface area contributed by atoms with E-state index in [-0.39, 0.29) is 17.6 Å². The van der Waals surface area contributed by atoms with Gasteiger partial charge in [0.25, 0.3) is 5.91 Å². The summed E-state index contributed by atoms with van der Waals surface area (Å²) in [5.74, 6) is -0.730. The van der Waals surface area contributed by atoms with E-state index < -0.39 is 5.82 Å². The molecule has 0 saturated carbocycles. The van der Waals surface area contributed by atoms with Gasteiger partial charge >= 0.3 is 0 Å². The Kier molecular flexibility index (Phi) is 10.4. The van der Waals surface area contributed by atoms with Crippen LogP contribution in [-0.2, 0) is 4.84 Å². The summed E-state index contributed by atoms with van der Waals surface area (Å²) in [4.78, 5) is 26.9. The molecule has 0 saturated heterocycles. The summed E-state index contributed by atoms with van der Waals surface area (Å²) >= 11 is 0. The number of nitrogens with one attached hydrogen (secondary N) is 1. The van der Waals surface area contributed by atoms with Crippen LogP contribution in [0.3, 0.4) is 0 Å². The predicted molar refractivity (Wildman–Crippen MR) is 174 cm³/mol. The van der Waals surface area contributed by atoms with Crippen LogP contribution in [0.1, 0.15) is 67.7 Å². The number of nitrogen functional groups attached to an aromatic ring is 1. The molecule has 0 radical (unpaired) electrons. The topological polar surface area (TPSA) is 87.0 Å². The molecule has 1 unspecified atom stereocenters. The monoisotopic (exact) mass is 588 g/mol. The number of nitrogens with two attached hydrogens (primary N) is 1. The summed E-state index contributed by atoms with van der Waals surface area (Å²) in [6.45, 7) is 13.4. The van der Waals surface area contributed by atoms with Crippen LogP contribution in [0.2, 0.25) is 0 Å². The van der Waals surface area contributed by atoms with Crippen molar-refractivity contribution in [1.29, 1.82) is 0 Å². The van der Waals surface area contributed by atoms with E-state index in [4.69, 9.17) is 10.6 Å².